The fourth-order valence-electron chi connectivity index (χ4n) is 1.99. The van der Waals surface area contributed by atoms with E-state index in [9.17, 15) is 14.4 Å². The van der Waals surface area contributed by atoms with Crippen molar-refractivity contribution >= 4 is 17.8 Å². The quantitative estimate of drug-likeness (QED) is 0.448. The van der Waals surface area contributed by atoms with Crippen LogP contribution in [0.3, 0.4) is 0 Å². The molecule has 1 aliphatic rings. The number of imide groups is 1. The highest BCUT2D eigenvalue weighted by Crippen LogP contribution is 2.17. The maximum absolute atomic E-state index is 11.9. The lowest BCUT2D eigenvalue weighted by atomic mass is 10.2. The molecule has 19 heavy (non-hydrogen) atoms. The van der Waals surface area contributed by atoms with Crippen LogP contribution in [0.15, 0.2) is 0 Å². The van der Waals surface area contributed by atoms with Crippen LogP contribution in [0.1, 0.15) is 12.8 Å². The van der Waals surface area contributed by atoms with Gasteiger partial charge in [0, 0.05) is 27.2 Å². The zero-order chi connectivity index (χ0) is 14.4. The topological polar surface area (TPSA) is 76.2 Å². The Hall–Kier alpha value is -1.47. The molecule has 108 valence electrons. The molecule has 0 N–H and O–H groups in total. The molecule has 1 unspecified atom stereocenters. The molecule has 1 rings (SSSR count). The van der Waals surface area contributed by atoms with Crippen molar-refractivity contribution in [2.45, 2.75) is 18.9 Å². The minimum absolute atomic E-state index is 0.153. The maximum atomic E-state index is 11.9. The van der Waals surface area contributed by atoms with E-state index in [1.54, 1.807) is 12.0 Å². The molecule has 2 amide bonds. The van der Waals surface area contributed by atoms with E-state index >= 15 is 0 Å². The lowest BCUT2D eigenvalue weighted by Gasteiger charge is -2.26. The number of hydrogen-bond acceptors (Lipinski definition) is 6. The van der Waals surface area contributed by atoms with E-state index in [1.165, 1.54) is 14.2 Å². The molecule has 7 nitrogen and oxygen atoms in total. The molecule has 1 saturated heterocycles. The molecule has 0 aromatic carbocycles. The number of rotatable bonds is 7. The first kappa shape index (κ1) is 15.6. The maximum Gasteiger partial charge on any atom is 0.306 e. The number of hydrogen-bond donors (Lipinski definition) is 0. The number of likely N-dealkylation sites (tertiary alicyclic amines) is 1. The number of carbonyl (C=O) groups excluding carboxylic acids is 3. The van der Waals surface area contributed by atoms with Crippen LogP contribution in [0.2, 0.25) is 0 Å². The Labute approximate surface area is 112 Å². The van der Waals surface area contributed by atoms with Crippen molar-refractivity contribution in [2.24, 2.45) is 0 Å². The summed E-state index contributed by atoms with van der Waals surface area (Å²) in [6.45, 7) is 1.29. The van der Waals surface area contributed by atoms with E-state index in [-0.39, 0.29) is 30.6 Å². The van der Waals surface area contributed by atoms with Crippen LogP contribution in [-0.4, -0.2) is 74.6 Å². The Bertz CT molecular complexity index is 358. The summed E-state index contributed by atoms with van der Waals surface area (Å²) in [5.74, 6) is -0.769. The van der Waals surface area contributed by atoms with Gasteiger partial charge in [0.15, 0.2) is 0 Å². The Kier molecular flexibility index (Phi) is 5.91. The van der Waals surface area contributed by atoms with Crippen molar-refractivity contribution in [2.75, 3.05) is 41.0 Å². The van der Waals surface area contributed by atoms with Crippen LogP contribution in [0.25, 0.3) is 0 Å². The molecule has 7 heteroatoms. The molecule has 1 heterocycles. The third-order valence-corrected chi connectivity index (χ3v) is 3.21. The molecule has 0 aliphatic carbocycles. The summed E-state index contributed by atoms with van der Waals surface area (Å²) in [5.41, 5.74) is 0. The predicted octanol–water partition coefficient (Wildman–Crippen LogP) is -0.745. The summed E-state index contributed by atoms with van der Waals surface area (Å²) in [7, 11) is 4.35. The van der Waals surface area contributed by atoms with Gasteiger partial charge in [-0.3, -0.25) is 24.2 Å². The standard InChI is InChI=1S/C12H20N2O5/c1-13-10(15)8-9(12(13)17)14(6-7-18-2)5-4-11(16)19-3/h9H,4-8H2,1-3H3. The second-order valence-electron chi connectivity index (χ2n) is 4.37. The van der Waals surface area contributed by atoms with Gasteiger partial charge in [-0.05, 0) is 0 Å². The fraction of sp³-hybridized carbons (Fsp3) is 0.750. The van der Waals surface area contributed by atoms with Gasteiger partial charge >= 0.3 is 5.97 Å². The highest BCUT2D eigenvalue weighted by molar-refractivity contribution is 6.05. The molecule has 0 saturated carbocycles. The van der Waals surface area contributed by atoms with Crippen molar-refractivity contribution in [3.63, 3.8) is 0 Å². The van der Waals surface area contributed by atoms with Gasteiger partial charge in [-0.2, -0.15) is 0 Å². The third kappa shape index (κ3) is 4.00. The molecular formula is C12H20N2O5. The van der Waals surface area contributed by atoms with E-state index in [0.717, 1.165) is 4.90 Å². The number of carbonyl (C=O) groups is 3. The largest absolute Gasteiger partial charge is 0.469 e. The predicted molar refractivity (Wildman–Crippen MR) is 66.3 cm³/mol. The van der Waals surface area contributed by atoms with Crippen LogP contribution in [0.4, 0.5) is 0 Å². The SMILES string of the molecule is COCCN(CCC(=O)OC)C1CC(=O)N(C)C1=O. The van der Waals surface area contributed by atoms with E-state index in [1.807, 2.05) is 0 Å². The van der Waals surface area contributed by atoms with Crippen LogP contribution >= 0.6 is 0 Å². The van der Waals surface area contributed by atoms with Crippen LogP contribution in [0, 0.1) is 0 Å². The van der Waals surface area contributed by atoms with Gasteiger partial charge in [-0.15, -0.1) is 0 Å². The minimum Gasteiger partial charge on any atom is -0.469 e. The van der Waals surface area contributed by atoms with Gasteiger partial charge in [0.05, 0.1) is 32.6 Å². The van der Waals surface area contributed by atoms with Crippen LogP contribution in [-0.2, 0) is 23.9 Å². The Morgan fingerprint density at radius 2 is 2.05 bits per heavy atom. The molecule has 1 atom stereocenters. The molecule has 0 aromatic rings. The third-order valence-electron chi connectivity index (χ3n) is 3.21. The zero-order valence-corrected chi connectivity index (χ0v) is 11.5. The number of esters is 1. The van der Waals surface area contributed by atoms with Crippen molar-refractivity contribution in [1.82, 2.24) is 9.80 Å². The summed E-state index contributed by atoms with van der Waals surface area (Å²) >= 11 is 0. The molecule has 0 radical (unpaired) electrons. The smallest absolute Gasteiger partial charge is 0.306 e. The number of likely N-dealkylation sites (N-methyl/N-ethyl adjacent to an activating group) is 1. The van der Waals surface area contributed by atoms with Gasteiger partial charge in [0.2, 0.25) is 11.8 Å². The molecule has 0 bridgehead atoms. The van der Waals surface area contributed by atoms with Crippen molar-refractivity contribution in [3.8, 4) is 0 Å². The number of amides is 2. The van der Waals surface area contributed by atoms with Gasteiger partial charge in [-0.1, -0.05) is 0 Å². The van der Waals surface area contributed by atoms with E-state index in [4.69, 9.17) is 4.74 Å². The average molecular weight is 272 g/mol. The molecule has 1 fully saturated rings. The van der Waals surface area contributed by atoms with Crippen molar-refractivity contribution in [3.05, 3.63) is 0 Å². The number of nitrogens with zero attached hydrogens (tertiary/aromatic N) is 2. The van der Waals surface area contributed by atoms with Crippen molar-refractivity contribution < 1.29 is 23.9 Å². The van der Waals surface area contributed by atoms with Crippen molar-refractivity contribution in [1.29, 1.82) is 0 Å². The van der Waals surface area contributed by atoms with Crippen LogP contribution < -0.4 is 0 Å². The first-order valence-corrected chi connectivity index (χ1v) is 6.11. The Balaban J connectivity index is 2.65. The number of ether oxygens (including phenoxy) is 2. The summed E-state index contributed by atoms with van der Waals surface area (Å²) in [4.78, 5) is 37.6. The monoisotopic (exact) mass is 272 g/mol. The second-order valence-corrected chi connectivity index (χ2v) is 4.37. The zero-order valence-electron chi connectivity index (χ0n) is 11.5. The normalized spacial score (nSPS) is 19.4. The highest BCUT2D eigenvalue weighted by Gasteiger charge is 2.39. The first-order chi connectivity index (χ1) is 9.01. The summed E-state index contributed by atoms with van der Waals surface area (Å²) in [6, 6.07) is -0.502. The van der Waals surface area contributed by atoms with Gasteiger partial charge in [0.1, 0.15) is 0 Å². The average Bonchev–Trinajstić information content (AvgIpc) is 2.66. The van der Waals surface area contributed by atoms with Gasteiger partial charge in [-0.25, -0.2) is 0 Å². The molecule has 1 aliphatic heterocycles. The van der Waals surface area contributed by atoms with E-state index in [0.29, 0.717) is 19.7 Å². The lowest BCUT2D eigenvalue weighted by molar-refractivity contribution is -0.142. The lowest BCUT2D eigenvalue weighted by Crippen LogP contribution is -2.43. The number of methoxy groups -OCH3 is 2. The molecule has 0 aromatic heterocycles. The Morgan fingerprint density at radius 3 is 2.53 bits per heavy atom. The molecular weight excluding hydrogens is 252 g/mol. The van der Waals surface area contributed by atoms with Gasteiger partial charge < -0.3 is 9.47 Å². The first-order valence-electron chi connectivity index (χ1n) is 6.11. The fourth-order valence-corrected chi connectivity index (χ4v) is 1.99. The van der Waals surface area contributed by atoms with E-state index < -0.39 is 6.04 Å². The Morgan fingerprint density at radius 1 is 1.37 bits per heavy atom. The molecule has 0 spiro atoms. The van der Waals surface area contributed by atoms with Crippen LogP contribution in [0.5, 0.6) is 0 Å². The summed E-state index contributed by atoms with van der Waals surface area (Å²) in [5, 5.41) is 0. The van der Waals surface area contributed by atoms with Gasteiger partial charge in [0.25, 0.3) is 0 Å². The highest BCUT2D eigenvalue weighted by atomic mass is 16.5. The van der Waals surface area contributed by atoms with E-state index in [2.05, 4.69) is 4.74 Å². The second kappa shape index (κ2) is 7.20. The minimum atomic E-state index is -0.502. The summed E-state index contributed by atoms with van der Waals surface area (Å²) in [6.07, 6.45) is 0.335. The summed E-state index contributed by atoms with van der Waals surface area (Å²) < 4.78 is 9.56.